The van der Waals surface area contributed by atoms with Crippen LogP contribution in [0.1, 0.15) is 44.9 Å². The molecule has 0 aromatic rings. The highest BCUT2D eigenvalue weighted by Crippen LogP contribution is 2.57. The minimum atomic E-state index is 0.713. The van der Waals surface area contributed by atoms with Gasteiger partial charge in [0.25, 0.3) is 0 Å². The van der Waals surface area contributed by atoms with E-state index in [0.29, 0.717) is 5.41 Å². The van der Waals surface area contributed by atoms with E-state index in [1.165, 1.54) is 19.6 Å². The Morgan fingerprint density at radius 2 is 1.50 bits per heavy atom. The molecule has 0 aromatic heterocycles. The van der Waals surface area contributed by atoms with Crippen LogP contribution < -0.4 is 0 Å². The second-order valence-corrected chi connectivity index (χ2v) is 7.65. The summed E-state index contributed by atoms with van der Waals surface area (Å²) < 4.78 is 5.50. The van der Waals surface area contributed by atoms with Gasteiger partial charge in [0.05, 0.1) is 13.2 Å². The lowest BCUT2D eigenvalue weighted by Crippen LogP contribution is -2.48. The minimum Gasteiger partial charge on any atom is -0.379 e. The smallest absolute Gasteiger partial charge is 0.0594 e. The molecular formula is C16H27NO. The maximum atomic E-state index is 5.50. The Bertz CT molecular complexity index is 294. The fourth-order valence-corrected chi connectivity index (χ4v) is 5.80. The molecule has 4 aliphatic carbocycles. The summed E-state index contributed by atoms with van der Waals surface area (Å²) in [7, 11) is 0. The predicted molar refractivity (Wildman–Crippen MR) is 72.5 cm³/mol. The summed E-state index contributed by atoms with van der Waals surface area (Å²) in [5.41, 5.74) is 0.713. The summed E-state index contributed by atoms with van der Waals surface area (Å²) in [5, 5.41) is 0. The molecule has 1 heterocycles. The number of hydrogen-bond acceptors (Lipinski definition) is 2. The molecule has 0 amide bonds. The van der Waals surface area contributed by atoms with Crippen LogP contribution in [0, 0.1) is 23.2 Å². The zero-order valence-electron chi connectivity index (χ0n) is 11.6. The third kappa shape index (κ3) is 2.12. The van der Waals surface area contributed by atoms with Crippen LogP contribution in [0.4, 0.5) is 0 Å². The molecule has 1 aliphatic heterocycles. The highest BCUT2D eigenvalue weighted by atomic mass is 16.5. The van der Waals surface area contributed by atoms with Crippen LogP contribution in [0.25, 0.3) is 0 Å². The Labute approximate surface area is 111 Å². The van der Waals surface area contributed by atoms with Crippen molar-refractivity contribution < 1.29 is 4.74 Å². The number of fused-ring (bicyclic) bond motifs is 1. The van der Waals surface area contributed by atoms with E-state index in [2.05, 4.69) is 4.90 Å². The second kappa shape index (κ2) is 4.49. The van der Waals surface area contributed by atoms with Crippen molar-refractivity contribution in [3.8, 4) is 0 Å². The molecule has 0 unspecified atom stereocenters. The van der Waals surface area contributed by atoms with Crippen molar-refractivity contribution in [1.82, 2.24) is 4.90 Å². The van der Waals surface area contributed by atoms with Gasteiger partial charge in [0.1, 0.15) is 0 Å². The highest BCUT2D eigenvalue weighted by Gasteiger charge is 2.48. The summed E-state index contributed by atoms with van der Waals surface area (Å²) in [6, 6.07) is 0. The summed E-state index contributed by atoms with van der Waals surface area (Å²) >= 11 is 0. The summed E-state index contributed by atoms with van der Waals surface area (Å²) in [6.45, 7) is 5.68. The normalized spacial score (nSPS) is 48.3. The molecule has 2 atom stereocenters. The maximum Gasteiger partial charge on any atom is 0.0594 e. The van der Waals surface area contributed by atoms with Gasteiger partial charge < -0.3 is 4.74 Å². The molecule has 0 spiro atoms. The first kappa shape index (κ1) is 11.7. The molecule has 2 nitrogen and oxygen atoms in total. The molecule has 102 valence electrons. The lowest BCUT2D eigenvalue weighted by atomic mass is 9.58. The number of nitrogens with zero attached hydrogens (tertiary/aromatic N) is 1. The molecule has 4 bridgehead atoms. The number of rotatable bonds is 2. The molecule has 0 N–H and O–H groups in total. The predicted octanol–water partition coefficient (Wildman–Crippen LogP) is 2.93. The molecule has 5 rings (SSSR count). The fourth-order valence-electron chi connectivity index (χ4n) is 5.80. The zero-order chi connectivity index (χ0) is 12.0. The third-order valence-corrected chi connectivity index (χ3v) is 6.14. The van der Waals surface area contributed by atoms with Gasteiger partial charge in [-0.05, 0) is 55.3 Å². The monoisotopic (exact) mass is 249 g/mol. The van der Waals surface area contributed by atoms with Crippen molar-refractivity contribution in [3.05, 3.63) is 0 Å². The van der Waals surface area contributed by atoms with E-state index in [-0.39, 0.29) is 0 Å². The van der Waals surface area contributed by atoms with Crippen LogP contribution in [0.5, 0.6) is 0 Å². The standard InChI is InChI=1S/C16H27NO/c1-2-14-8-15-7-13(1)9-16(10-14,11-15)12-17-3-5-18-6-4-17/h13-15H,1-12H2/t13-,14-,15?,16?/m1/s1. The lowest BCUT2D eigenvalue weighted by molar-refractivity contribution is -0.0296. The average molecular weight is 249 g/mol. The first-order valence-corrected chi connectivity index (χ1v) is 8.11. The Balaban J connectivity index is 1.51. The first-order chi connectivity index (χ1) is 8.81. The van der Waals surface area contributed by atoms with E-state index < -0.39 is 0 Å². The van der Waals surface area contributed by atoms with Gasteiger partial charge in [-0.3, -0.25) is 4.90 Å². The SMILES string of the molecule is C1CN(CC23CC4C[C@@H](CC[C@H](C4)C2)C3)CCO1. The van der Waals surface area contributed by atoms with Crippen molar-refractivity contribution >= 4 is 0 Å². The van der Waals surface area contributed by atoms with E-state index in [1.807, 2.05) is 0 Å². The number of ether oxygens (including phenoxy) is 1. The molecule has 0 radical (unpaired) electrons. The summed E-state index contributed by atoms with van der Waals surface area (Å²) in [4.78, 5) is 2.70. The molecule has 18 heavy (non-hydrogen) atoms. The number of hydrogen-bond donors (Lipinski definition) is 0. The van der Waals surface area contributed by atoms with E-state index in [9.17, 15) is 0 Å². The van der Waals surface area contributed by atoms with Crippen LogP contribution in [0.15, 0.2) is 0 Å². The summed E-state index contributed by atoms with van der Waals surface area (Å²) in [6.07, 6.45) is 10.9. The molecular weight excluding hydrogens is 222 g/mol. The quantitative estimate of drug-likeness (QED) is 0.746. The van der Waals surface area contributed by atoms with Gasteiger partial charge in [0.2, 0.25) is 0 Å². The molecule has 5 fully saturated rings. The highest BCUT2D eigenvalue weighted by molar-refractivity contribution is 5.00. The van der Waals surface area contributed by atoms with E-state index in [1.54, 1.807) is 44.9 Å². The molecule has 1 saturated heterocycles. The van der Waals surface area contributed by atoms with Crippen LogP contribution in [-0.4, -0.2) is 37.7 Å². The van der Waals surface area contributed by atoms with E-state index in [0.717, 1.165) is 31.0 Å². The van der Waals surface area contributed by atoms with Crippen LogP contribution in [-0.2, 0) is 4.74 Å². The van der Waals surface area contributed by atoms with Gasteiger partial charge in [0, 0.05) is 19.6 Å². The minimum absolute atomic E-state index is 0.713. The van der Waals surface area contributed by atoms with Crippen LogP contribution in [0.3, 0.4) is 0 Å². The van der Waals surface area contributed by atoms with Crippen molar-refractivity contribution in [2.24, 2.45) is 23.2 Å². The van der Waals surface area contributed by atoms with E-state index >= 15 is 0 Å². The summed E-state index contributed by atoms with van der Waals surface area (Å²) in [5.74, 6) is 3.25. The Morgan fingerprint density at radius 1 is 0.889 bits per heavy atom. The van der Waals surface area contributed by atoms with Gasteiger partial charge in [-0.25, -0.2) is 0 Å². The van der Waals surface area contributed by atoms with Gasteiger partial charge in [-0.1, -0.05) is 12.8 Å². The first-order valence-electron chi connectivity index (χ1n) is 8.11. The van der Waals surface area contributed by atoms with Crippen LogP contribution >= 0.6 is 0 Å². The second-order valence-electron chi connectivity index (χ2n) is 7.65. The Hall–Kier alpha value is -0.0800. The maximum absolute atomic E-state index is 5.50. The van der Waals surface area contributed by atoms with Gasteiger partial charge in [0.15, 0.2) is 0 Å². The third-order valence-electron chi connectivity index (χ3n) is 6.14. The zero-order valence-corrected chi connectivity index (χ0v) is 11.6. The Kier molecular flexibility index (Phi) is 2.92. The molecule has 4 saturated carbocycles. The molecule has 0 aromatic carbocycles. The van der Waals surface area contributed by atoms with E-state index in [4.69, 9.17) is 4.74 Å². The lowest BCUT2D eigenvalue weighted by Gasteiger charge is -2.50. The van der Waals surface area contributed by atoms with Crippen molar-refractivity contribution in [2.75, 3.05) is 32.8 Å². The van der Waals surface area contributed by atoms with Crippen molar-refractivity contribution in [2.45, 2.75) is 44.9 Å². The topological polar surface area (TPSA) is 12.5 Å². The average Bonchev–Trinajstić information content (AvgIpc) is 2.56. The fraction of sp³-hybridized carbons (Fsp3) is 1.00. The van der Waals surface area contributed by atoms with Crippen LogP contribution in [0.2, 0.25) is 0 Å². The molecule has 2 heteroatoms. The van der Waals surface area contributed by atoms with Gasteiger partial charge >= 0.3 is 0 Å². The molecule has 5 aliphatic rings. The largest absolute Gasteiger partial charge is 0.379 e. The van der Waals surface area contributed by atoms with Crippen molar-refractivity contribution in [1.29, 1.82) is 0 Å². The van der Waals surface area contributed by atoms with Gasteiger partial charge in [-0.2, -0.15) is 0 Å². The Morgan fingerprint density at radius 3 is 2.17 bits per heavy atom. The number of morpholine rings is 1. The van der Waals surface area contributed by atoms with Crippen molar-refractivity contribution in [3.63, 3.8) is 0 Å². The van der Waals surface area contributed by atoms with Gasteiger partial charge in [-0.15, -0.1) is 0 Å².